The number of aromatic nitrogens is 3. The van der Waals surface area contributed by atoms with Crippen LogP contribution in [0.3, 0.4) is 0 Å². The van der Waals surface area contributed by atoms with E-state index in [0.29, 0.717) is 33.0 Å². The van der Waals surface area contributed by atoms with Gasteiger partial charge in [-0.05, 0) is 43.7 Å². The first-order chi connectivity index (χ1) is 18.0. The molecule has 2 aromatic carbocycles. The predicted molar refractivity (Wildman–Crippen MR) is 146 cm³/mol. The van der Waals surface area contributed by atoms with Crippen LogP contribution in [0, 0.1) is 5.82 Å². The number of benzene rings is 2. The van der Waals surface area contributed by atoms with Crippen molar-refractivity contribution in [3.63, 3.8) is 0 Å². The normalized spacial score (nSPS) is 16.2. The molecule has 1 aliphatic rings. The van der Waals surface area contributed by atoms with Crippen LogP contribution in [0.2, 0.25) is 5.02 Å². The monoisotopic (exact) mass is 558 g/mol. The maximum absolute atomic E-state index is 14.8. The second-order valence-corrected chi connectivity index (χ2v) is 10.8. The summed E-state index contributed by atoms with van der Waals surface area (Å²) in [5.41, 5.74) is 3.12. The van der Waals surface area contributed by atoms with Crippen molar-refractivity contribution in [1.82, 2.24) is 20.3 Å². The molecule has 2 aromatic heterocycles. The van der Waals surface area contributed by atoms with E-state index in [0.717, 1.165) is 25.9 Å². The van der Waals surface area contributed by atoms with Gasteiger partial charge in [-0.3, -0.25) is 0 Å². The summed E-state index contributed by atoms with van der Waals surface area (Å²) in [7, 11) is 0. The van der Waals surface area contributed by atoms with Gasteiger partial charge in [-0.2, -0.15) is 0 Å². The zero-order valence-corrected chi connectivity index (χ0v) is 22.0. The Morgan fingerprint density at radius 2 is 2.11 bits per heavy atom. The van der Waals surface area contributed by atoms with Gasteiger partial charge in [-0.1, -0.05) is 29.8 Å². The molecule has 5 rings (SSSR count). The Kier molecular flexibility index (Phi) is 8.37. The summed E-state index contributed by atoms with van der Waals surface area (Å²) in [5, 5.41) is 7.24. The zero-order valence-electron chi connectivity index (χ0n) is 19.6. The summed E-state index contributed by atoms with van der Waals surface area (Å²) in [5.74, 6) is 0.657. The zero-order chi connectivity index (χ0) is 25.6. The molecule has 192 valence electrons. The fourth-order valence-electron chi connectivity index (χ4n) is 3.86. The molecule has 0 saturated carbocycles. The first-order valence-electron chi connectivity index (χ1n) is 11.6. The number of rotatable bonds is 9. The third kappa shape index (κ3) is 6.68. The lowest BCUT2D eigenvalue weighted by Gasteiger charge is -2.23. The second-order valence-electron chi connectivity index (χ2n) is 8.37. The third-order valence-electron chi connectivity index (χ3n) is 5.68. The molecule has 0 aliphatic carbocycles. The molecule has 2 atom stereocenters. The maximum atomic E-state index is 14.8. The molecule has 12 heteroatoms. The van der Waals surface area contributed by atoms with Crippen molar-refractivity contribution in [3.05, 3.63) is 76.6 Å². The Balaban J connectivity index is 1.25. The maximum Gasteiger partial charge on any atom is 0.239 e. The number of halogens is 2. The van der Waals surface area contributed by atoms with Gasteiger partial charge < -0.3 is 19.9 Å². The van der Waals surface area contributed by atoms with Crippen LogP contribution >= 0.6 is 22.9 Å². The predicted octanol–water partition coefficient (Wildman–Crippen LogP) is 5.62. The SMILES string of the molecule is [O-][S+](Cc1ccccc1Cl)Nc1ccc(Oc2ncsc2-c2ccnc(NC3CCCNC3)n2)cc1F. The van der Waals surface area contributed by atoms with E-state index in [9.17, 15) is 8.94 Å². The third-order valence-corrected chi connectivity index (χ3v) is 7.90. The number of nitrogens with one attached hydrogen (secondary N) is 3. The lowest BCUT2D eigenvalue weighted by atomic mass is 10.1. The Morgan fingerprint density at radius 1 is 1.22 bits per heavy atom. The Bertz CT molecular complexity index is 1350. The highest BCUT2D eigenvalue weighted by Crippen LogP contribution is 2.36. The highest BCUT2D eigenvalue weighted by atomic mass is 35.5. The topological polar surface area (TPSA) is 107 Å². The highest BCUT2D eigenvalue weighted by Gasteiger charge is 2.18. The summed E-state index contributed by atoms with van der Waals surface area (Å²) in [6.07, 6.45) is 3.85. The standard InChI is InChI=1S/C25H24ClFN6O2S2/c26-19-6-2-1-4-16(19)14-37(34)33-21-8-7-18(12-20(21)27)35-24-23(36-15-30-24)22-9-11-29-25(32-22)31-17-5-3-10-28-13-17/h1-2,4,6-9,11-12,15,17,28,33H,3,5,10,13-14H2,(H,29,31,32). The van der Waals surface area contributed by atoms with Crippen molar-refractivity contribution in [2.45, 2.75) is 24.6 Å². The number of hydrogen-bond acceptors (Lipinski definition) is 9. The summed E-state index contributed by atoms with van der Waals surface area (Å²) in [6, 6.07) is 13.5. The average molecular weight is 559 g/mol. The van der Waals surface area contributed by atoms with E-state index in [4.69, 9.17) is 16.3 Å². The minimum Gasteiger partial charge on any atom is -0.593 e. The van der Waals surface area contributed by atoms with Crippen molar-refractivity contribution in [2.75, 3.05) is 23.1 Å². The molecular formula is C25H24ClFN6O2S2. The van der Waals surface area contributed by atoms with E-state index in [-0.39, 0.29) is 23.2 Å². The average Bonchev–Trinajstić information content (AvgIpc) is 3.36. The lowest BCUT2D eigenvalue weighted by molar-refractivity contribution is 0.463. The largest absolute Gasteiger partial charge is 0.593 e. The van der Waals surface area contributed by atoms with Crippen LogP contribution in [0.25, 0.3) is 10.6 Å². The molecule has 1 fully saturated rings. The summed E-state index contributed by atoms with van der Waals surface area (Å²) >= 11 is 5.93. The van der Waals surface area contributed by atoms with Crippen LogP contribution in [0.4, 0.5) is 16.0 Å². The summed E-state index contributed by atoms with van der Waals surface area (Å²) in [6.45, 7) is 1.89. The van der Waals surface area contributed by atoms with Gasteiger partial charge in [0.15, 0.2) is 11.6 Å². The molecule has 3 N–H and O–H groups in total. The van der Waals surface area contributed by atoms with Crippen molar-refractivity contribution < 1.29 is 13.7 Å². The lowest BCUT2D eigenvalue weighted by Crippen LogP contribution is -2.38. The molecule has 1 saturated heterocycles. The quantitative estimate of drug-likeness (QED) is 0.227. The molecular weight excluding hydrogens is 535 g/mol. The Labute approximate surface area is 226 Å². The van der Waals surface area contributed by atoms with Gasteiger partial charge >= 0.3 is 0 Å². The van der Waals surface area contributed by atoms with Crippen molar-refractivity contribution in [1.29, 1.82) is 0 Å². The summed E-state index contributed by atoms with van der Waals surface area (Å²) in [4.78, 5) is 14.0. The molecule has 4 aromatic rings. The molecule has 0 spiro atoms. The first-order valence-corrected chi connectivity index (χ1v) is 14.2. The van der Waals surface area contributed by atoms with E-state index < -0.39 is 17.2 Å². The van der Waals surface area contributed by atoms with Gasteiger partial charge in [0.25, 0.3) is 0 Å². The van der Waals surface area contributed by atoms with E-state index in [2.05, 4.69) is 30.3 Å². The molecule has 2 unspecified atom stereocenters. The Hall–Kier alpha value is -2.96. The van der Waals surface area contributed by atoms with Gasteiger partial charge in [0.1, 0.15) is 16.3 Å². The number of thiazole rings is 1. The van der Waals surface area contributed by atoms with E-state index in [1.54, 1.807) is 42.0 Å². The molecule has 0 radical (unpaired) electrons. The molecule has 3 heterocycles. The number of ether oxygens (including phenoxy) is 1. The minimum atomic E-state index is -1.56. The molecule has 0 bridgehead atoms. The van der Waals surface area contributed by atoms with Crippen LogP contribution < -0.4 is 20.1 Å². The van der Waals surface area contributed by atoms with Crippen LogP contribution in [-0.2, 0) is 17.1 Å². The number of anilines is 2. The number of hydrogen-bond donors (Lipinski definition) is 3. The van der Waals surface area contributed by atoms with Gasteiger partial charge in [0, 0.05) is 35.4 Å². The van der Waals surface area contributed by atoms with Crippen LogP contribution in [0.1, 0.15) is 18.4 Å². The van der Waals surface area contributed by atoms with E-state index in [1.807, 2.05) is 6.07 Å². The van der Waals surface area contributed by atoms with Crippen LogP contribution in [-0.4, -0.2) is 38.6 Å². The molecule has 1 aliphatic heterocycles. The fourth-order valence-corrected chi connectivity index (χ4v) is 5.84. The second kappa shape index (κ2) is 12.1. The molecule has 8 nitrogen and oxygen atoms in total. The van der Waals surface area contributed by atoms with Gasteiger partial charge in [0.2, 0.25) is 11.8 Å². The van der Waals surface area contributed by atoms with Crippen LogP contribution in [0.5, 0.6) is 11.6 Å². The van der Waals surface area contributed by atoms with E-state index >= 15 is 0 Å². The summed E-state index contributed by atoms with van der Waals surface area (Å²) < 4.78 is 35.9. The van der Waals surface area contributed by atoms with Gasteiger partial charge in [-0.15, -0.1) is 11.3 Å². The van der Waals surface area contributed by atoms with E-state index in [1.165, 1.54) is 23.5 Å². The van der Waals surface area contributed by atoms with Crippen molar-refractivity contribution in [3.8, 4) is 22.2 Å². The smallest absolute Gasteiger partial charge is 0.239 e. The first kappa shape index (κ1) is 25.7. The Morgan fingerprint density at radius 3 is 2.92 bits per heavy atom. The number of nitrogens with zero attached hydrogens (tertiary/aromatic N) is 3. The highest BCUT2D eigenvalue weighted by molar-refractivity contribution is 7.91. The van der Waals surface area contributed by atoms with Crippen molar-refractivity contribution >= 4 is 45.9 Å². The fraction of sp³-hybridized carbons (Fsp3) is 0.240. The van der Waals surface area contributed by atoms with Gasteiger partial charge in [-0.25, -0.2) is 24.1 Å². The van der Waals surface area contributed by atoms with Crippen LogP contribution in [0.15, 0.2) is 60.2 Å². The number of piperidine rings is 1. The molecule has 37 heavy (non-hydrogen) atoms. The molecule has 0 amide bonds. The minimum absolute atomic E-state index is 0.0972. The van der Waals surface area contributed by atoms with Crippen molar-refractivity contribution in [2.24, 2.45) is 0 Å². The van der Waals surface area contributed by atoms with Gasteiger partial charge in [0.05, 0.1) is 22.6 Å².